The molecule has 0 radical (unpaired) electrons. The molecule has 0 aliphatic carbocycles. The molecule has 0 bridgehead atoms. The molecule has 0 heterocycles. The predicted octanol–water partition coefficient (Wildman–Crippen LogP) is 13.4. The van der Waals surface area contributed by atoms with Gasteiger partial charge in [0.2, 0.25) is 5.91 Å². The molecule has 0 spiro atoms. The van der Waals surface area contributed by atoms with E-state index in [0.29, 0.717) is 39.3 Å². The van der Waals surface area contributed by atoms with Crippen molar-refractivity contribution in [2.45, 2.75) is 219 Å². The maximum atomic E-state index is 12.9. The van der Waals surface area contributed by atoms with Gasteiger partial charge in [0, 0.05) is 32.7 Å². The Balaban J connectivity index is 3.81. The summed E-state index contributed by atoms with van der Waals surface area (Å²) in [6.07, 6.45) is 50.1. The number of hydrogen-bond acceptors (Lipinski definition) is 4. The number of nitrogens with zero attached hydrogens (tertiary/aromatic N) is 1. The van der Waals surface area contributed by atoms with Crippen LogP contribution in [-0.2, 0) is 14.3 Å². The second-order valence-electron chi connectivity index (χ2n) is 15.1. The molecule has 1 amide bonds. The van der Waals surface area contributed by atoms with Crippen molar-refractivity contribution in [1.82, 2.24) is 4.90 Å². The molecule has 0 aromatic carbocycles. The van der Waals surface area contributed by atoms with Gasteiger partial charge in [0.05, 0.1) is 13.2 Å². The van der Waals surface area contributed by atoms with Gasteiger partial charge in [-0.15, -0.1) is 0 Å². The van der Waals surface area contributed by atoms with Crippen LogP contribution in [-0.4, -0.2) is 56.9 Å². The van der Waals surface area contributed by atoms with Crippen LogP contribution in [0.5, 0.6) is 0 Å². The Bertz CT molecular complexity index is 677. The van der Waals surface area contributed by atoms with Gasteiger partial charge in [0.25, 0.3) is 0 Å². The molecule has 0 unspecified atom stereocenters. The Kier molecular flexibility index (Phi) is 44.0. The van der Waals surface area contributed by atoms with Crippen molar-refractivity contribution in [3.8, 4) is 0 Å². The average molecular weight is 719 g/mol. The molecule has 51 heavy (non-hydrogen) atoms. The molecule has 0 aromatic heterocycles. The molecule has 0 saturated carbocycles. The van der Waals surface area contributed by atoms with Crippen LogP contribution in [0.1, 0.15) is 219 Å². The highest BCUT2D eigenvalue weighted by molar-refractivity contribution is 5.76. The summed E-state index contributed by atoms with van der Waals surface area (Å²) in [5, 5.41) is 0. The standard InChI is InChI=1S/C46H90N2O3/c1-3-5-7-9-11-13-15-17-19-21-23-25-27-29-31-36-42-50-44-40-48(46(49)38-34-33-35-39-47)41-45-51-43-37-32-30-28-26-24-22-20-18-16-14-12-10-8-6-4-2/h17-20H,3-16,21-45,47H2,1-2H3/b19-17-,20-18-. The maximum Gasteiger partial charge on any atom is 0.222 e. The highest BCUT2D eigenvalue weighted by Crippen LogP contribution is 2.12. The topological polar surface area (TPSA) is 64.8 Å². The van der Waals surface area contributed by atoms with E-state index < -0.39 is 0 Å². The summed E-state index contributed by atoms with van der Waals surface area (Å²) in [4.78, 5) is 14.9. The van der Waals surface area contributed by atoms with Gasteiger partial charge in [-0.25, -0.2) is 0 Å². The fraction of sp³-hybridized carbons (Fsp3) is 0.891. The number of nitrogens with two attached hydrogens (primary N) is 1. The van der Waals surface area contributed by atoms with E-state index in [9.17, 15) is 4.79 Å². The number of allylic oxidation sites excluding steroid dienone is 4. The molecular formula is C46H90N2O3. The van der Waals surface area contributed by atoms with E-state index in [4.69, 9.17) is 15.2 Å². The first-order valence-electron chi connectivity index (χ1n) is 22.7. The van der Waals surface area contributed by atoms with Crippen molar-refractivity contribution in [3.05, 3.63) is 24.3 Å². The van der Waals surface area contributed by atoms with E-state index >= 15 is 0 Å². The summed E-state index contributed by atoms with van der Waals surface area (Å²) < 4.78 is 11.9. The molecule has 0 atom stereocenters. The fourth-order valence-electron chi connectivity index (χ4n) is 6.57. The molecule has 302 valence electrons. The van der Waals surface area contributed by atoms with Gasteiger partial charge in [0.15, 0.2) is 0 Å². The van der Waals surface area contributed by atoms with Gasteiger partial charge in [-0.05, 0) is 83.6 Å². The number of amides is 1. The minimum Gasteiger partial charge on any atom is -0.380 e. The van der Waals surface area contributed by atoms with Crippen molar-refractivity contribution < 1.29 is 14.3 Å². The van der Waals surface area contributed by atoms with Crippen molar-refractivity contribution in [3.63, 3.8) is 0 Å². The van der Waals surface area contributed by atoms with Gasteiger partial charge in [-0.1, -0.05) is 160 Å². The molecule has 0 aliphatic heterocycles. The van der Waals surface area contributed by atoms with Crippen LogP contribution < -0.4 is 5.73 Å². The zero-order valence-electron chi connectivity index (χ0n) is 34.6. The van der Waals surface area contributed by atoms with Crippen LogP contribution in [0.25, 0.3) is 0 Å². The van der Waals surface area contributed by atoms with Crippen molar-refractivity contribution in [2.24, 2.45) is 5.73 Å². The summed E-state index contributed by atoms with van der Waals surface area (Å²) >= 11 is 0. The summed E-state index contributed by atoms with van der Waals surface area (Å²) in [7, 11) is 0. The molecule has 5 heteroatoms. The van der Waals surface area contributed by atoms with Crippen LogP contribution in [0.2, 0.25) is 0 Å². The van der Waals surface area contributed by atoms with Gasteiger partial charge >= 0.3 is 0 Å². The third-order valence-corrected chi connectivity index (χ3v) is 10.1. The molecule has 0 aromatic rings. The molecular weight excluding hydrogens is 629 g/mol. The van der Waals surface area contributed by atoms with E-state index in [0.717, 1.165) is 45.3 Å². The van der Waals surface area contributed by atoms with E-state index in [1.807, 2.05) is 4.90 Å². The summed E-state index contributed by atoms with van der Waals surface area (Å²) in [5.41, 5.74) is 5.64. The molecule has 2 N–H and O–H groups in total. The van der Waals surface area contributed by atoms with E-state index in [2.05, 4.69) is 38.2 Å². The van der Waals surface area contributed by atoms with Crippen molar-refractivity contribution >= 4 is 5.91 Å². The Hall–Kier alpha value is -1.17. The van der Waals surface area contributed by atoms with Gasteiger partial charge in [-0.3, -0.25) is 4.79 Å². The second-order valence-corrected chi connectivity index (χ2v) is 15.1. The van der Waals surface area contributed by atoms with Gasteiger partial charge in [0.1, 0.15) is 0 Å². The third kappa shape index (κ3) is 41.4. The number of rotatable bonds is 43. The lowest BCUT2D eigenvalue weighted by molar-refractivity contribution is -0.133. The molecule has 0 rings (SSSR count). The first-order valence-corrected chi connectivity index (χ1v) is 22.7. The van der Waals surface area contributed by atoms with E-state index in [1.54, 1.807) is 0 Å². The Morgan fingerprint density at radius 1 is 0.431 bits per heavy atom. The maximum absolute atomic E-state index is 12.9. The lowest BCUT2D eigenvalue weighted by Crippen LogP contribution is -2.36. The highest BCUT2D eigenvalue weighted by atomic mass is 16.5. The van der Waals surface area contributed by atoms with E-state index in [-0.39, 0.29) is 5.91 Å². The van der Waals surface area contributed by atoms with Gasteiger partial charge in [-0.2, -0.15) is 0 Å². The van der Waals surface area contributed by atoms with Crippen LogP contribution in [0, 0.1) is 0 Å². The number of hydrogen-bond donors (Lipinski definition) is 1. The van der Waals surface area contributed by atoms with Crippen LogP contribution >= 0.6 is 0 Å². The van der Waals surface area contributed by atoms with Crippen molar-refractivity contribution in [2.75, 3.05) is 46.1 Å². The first kappa shape index (κ1) is 49.8. The number of carbonyl (C=O) groups is 1. The second kappa shape index (κ2) is 45.0. The zero-order valence-corrected chi connectivity index (χ0v) is 34.6. The lowest BCUT2D eigenvalue weighted by Gasteiger charge is -2.23. The average Bonchev–Trinajstić information content (AvgIpc) is 3.14. The molecule has 0 saturated heterocycles. The summed E-state index contributed by atoms with van der Waals surface area (Å²) in [5.74, 6) is 0.230. The molecule has 0 fully saturated rings. The lowest BCUT2D eigenvalue weighted by atomic mass is 10.1. The van der Waals surface area contributed by atoms with Crippen molar-refractivity contribution in [1.29, 1.82) is 0 Å². The SMILES string of the molecule is CCCCCCCC/C=C\CCCCCCCCOCCN(CCOCCCCCCCC/C=C\CCCCCCCC)C(=O)CCCCCN. The molecule has 0 aliphatic rings. The Labute approximate surface area is 319 Å². The zero-order chi connectivity index (χ0) is 37.0. The Morgan fingerprint density at radius 3 is 1.14 bits per heavy atom. The normalized spacial score (nSPS) is 11.8. The highest BCUT2D eigenvalue weighted by Gasteiger charge is 2.13. The Morgan fingerprint density at radius 2 is 0.765 bits per heavy atom. The number of carbonyl (C=O) groups excluding carboxylic acids is 1. The first-order chi connectivity index (χ1) is 25.3. The largest absolute Gasteiger partial charge is 0.380 e. The third-order valence-electron chi connectivity index (χ3n) is 10.1. The van der Waals surface area contributed by atoms with Crippen LogP contribution in [0.3, 0.4) is 0 Å². The van der Waals surface area contributed by atoms with E-state index in [1.165, 1.54) is 167 Å². The minimum atomic E-state index is 0.230. The smallest absolute Gasteiger partial charge is 0.222 e. The quantitative estimate of drug-likeness (QED) is 0.0503. The monoisotopic (exact) mass is 719 g/mol. The molecule has 5 nitrogen and oxygen atoms in total. The summed E-state index contributed by atoms with van der Waals surface area (Å²) in [6.45, 7) is 9.43. The van der Waals surface area contributed by atoms with Gasteiger partial charge < -0.3 is 20.1 Å². The number of ether oxygens (including phenoxy) is 2. The van der Waals surface area contributed by atoms with Crippen LogP contribution in [0.4, 0.5) is 0 Å². The number of unbranched alkanes of at least 4 members (excludes halogenated alkanes) is 26. The van der Waals surface area contributed by atoms with Crippen LogP contribution in [0.15, 0.2) is 24.3 Å². The minimum absolute atomic E-state index is 0.230. The summed E-state index contributed by atoms with van der Waals surface area (Å²) in [6, 6.07) is 0. The fourth-order valence-corrected chi connectivity index (χ4v) is 6.57. The predicted molar refractivity (Wildman–Crippen MR) is 225 cm³/mol.